The van der Waals surface area contributed by atoms with Gasteiger partial charge in [0.1, 0.15) is 11.4 Å². The van der Waals surface area contributed by atoms with Crippen molar-refractivity contribution >= 4 is 23.1 Å². The van der Waals surface area contributed by atoms with E-state index in [1.165, 1.54) is 5.56 Å². The van der Waals surface area contributed by atoms with Crippen molar-refractivity contribution in [2.45, 2.75) is 50.7 Å². The van der Waals surface area contributed by atoms with Gasteiger partial charge in [0.25, 0.3) is 5.91 Å². The van der Waals surface area contributed by atoms with Crippen molar-refractivity contribution in [3.63, 3.8) is 0 Å². The summed E-state index contributed by atoms with van der Waals surface area (Å²) in [4.78, 5) is 21.2. The van der Waals surface area contributed by atoms with Gasteiger partial charge in [0, 0.05) is 29.8 Å². The highest BCUT2D eigenvalue weighted by atomic mass is 16.3. The van der Waals surface area contributed by atoms with Crippen LogP contribution in [-0.2, 0) is 22.4 Å². The molecule has 3 aromatic rings. The Morgan fingerprint density at radius 3 is 2.38 bits per heavy atom. The number of benzene rings is 3. The van der Waals surface area contributed by atoms with Crippen LogP contribution in [0, 0.1) is 0 Å². The minimum Gasteiger partial charge on any atom is -0.382 e. The number of carbonyl (C=O) groups excluding carboxylic acids is 1. The number of nitrogens with zero attached hydrogens (tertiary/aromatic N) is 2. The molecular weight excluding hydrogens is 422 g/mol. The molecule has 5 heteroatoms. The lowest BCUT2D eigenvalue weighted by atomic mass is 9.72. The smallest absolute Gasteiger partial charge is 0.254 e. The van der Waals surface area contributed by atoms with E-state index in [0.29, 0.717) is 13.0 Å². The SMILES string of the molecule is CCCCNC(=O)C12c3ccccc3N=C(CCc3ccccc3)N1c1ccccc1C2(C)O. The Labute approximate surface area is 201 Å². The largest absolute Gasteiger partial charge is 0.382 e. The van der Waals surface area contributed by atoms with E-state index in [1.54, 1.807) is 6.92 Å². The highest BCUT2D eigenvalue weighted by Crippen LogP contribution is 2.59. The van der Waals surface area contributed by atoms with Gasteiger partial charge in [-0.2, -0.15) is 0 Å². The molecule has 0 saturated heterocycles. The molecule has 0 aromatic heterocycles. The Morgan fingerprint density at radius 2 is 1.62 bits per heavy atom. The first-order valence-corrected chi connectivity index (χ1v) is 12.1. The number of hydrogen-bond acceptors (Lipinski definition) is 4. The molecule has 0 fully saturated rings. The van der Waals surface area contributed by atoms with Gasteiger partial charge < -0.3 is 15.3 Å². The first kappa shape index (κ1) is 22.4. The fourth-order valence-corrected chi connectivity index (χ4v) is 5.48. The van der Waals surface area contributed by atoms with Gasteiger partial charge in [0.05, 0.1) is 5.69 Å². The van der Waals surface area contributed by atoms with Crippen molar-refractivity contribution in [1.82, 2.24) is 5.32 Å². The zero-order valence-corrected chi connectivity index (χ0v) is 19.8. The van der Waals surface area contributed by atoms with Gasteiger partial charge in [-0.25, -0.2) is 4.99 Å². The second-order valence-electron chi connectivity index (χ2n) is 9.28. The van der Waals surface area contributed by atoms with Gasteiger partial charge in [-0.05, 0) is 37.5 Å². The van der Waals surface area contributed by atoms with E-state index < -0.39 is 11.1 Å². The molecule has 0 aliphatic carbocycles. The topological polar surface area (TPSA) is 64.9 Å². The fraction of sp³-hybridized carbons (Fsp3) is 0.310. The summed E-state index contributed by atoms with van der Waals surface area (Å²) in [6.07, 6.45) is 3.30. The summed E-state index contributed by atoms with van der Waals surface area (Å²) in [7, 11) is 0. The van der Waals surface area contributed by atoms with E-state index in [1.807, 2.05) is 71.6 Å². The summed E-state index contributed by atoms with van der Waals surface area (Å²) >= 11 is 0. The van der Waals surface area contributed by atoms with Gasteiger partial charge >= 0.3 is 0 Å². The molecule has 2 atom stereocenters. The first-order valence-electron chi connectivity index (χ1n) is 12.1. The zero-order valence-electron chi connectivity index (χ0n) is 19.8. The van der Waals surface area contributed by atoms with Gasteiger partial charge in [-0.1, -0.05) is 80.1 Å². The molecule has 2 heterocycles. The molecule has 3 aromatic carbocycles. The summed E-state index contributed by atoms with van der Waals surface area (Å²) in [5, 5.41) is 15.4. The molecule has 2 aliphatic heterocycles. The van der Waals surface area contributed by atoms with Crippen LogP contribution in [0.3, 0.4) is 0 Å². The van der Waals surface area contributed by atoms with Crippen LogP contribution in [0.4, 0.5) is 11.4 Å². The minimum atomic E-state index is -1.45. The average Bonchev–Trinajstić information content (AvgIpc) is 3.08. The maximum absolute atomic E-state index is 14.2. The van der Waals surface area contributed by atoms with Crippen molar-refractivity contribution < 1.29 is 9.90 Å². The maximum Gasteiger partial charge on any atom is 0.254 e. The van der Waals surface area contributed by atoms with E-state index in [2.05, 4.69) is 24.4 Å². The molecule has 0 bridgehead atoms. The fourth-order valence-electron chi connectivity index (χ4n) is 5.48. The third kappa shape index (κ3) is 3.26. The van der Waals surface area contributed by atoms with E-state index in [0.717, 1.165) is 47.6 Å². The predicted octanol–water partition coefficient (Wildman–Crippen LogP) is 5.20. The quantitative estimate of drug-likeness (QED) is 0.483. The van der Waals surface area contributed by atoms with Gasteiger partial charge in [-0.15, -0.1) is 0 Å². The summed E-state index contributed by atoms with van der Waals surface area (Å²) in [5.41, 5.74) is 1.46. The molecule has 5 rings (SSSR count). The van der Waals surface area contributed by atoms with Crippen LogP contribution in [0.15, 0.2) is 83.9 Å². The summed E-state index contributed by atoms with van der Waals surface area (Å²) in [6.45, 7) is 4.43. The lowest BCUT2D eigenvalue weighted by Gasteiger charge is -2.48. The Hall–Kier alpha value is -3.44. The number of nitrogens with one attached hydrogen (secondary N) is 1. The number of rotatable bonds is 7. The second-order valence-corrected chi connectivity index (χ2v) is 9.28. The van der Waals surface area contributed by atoms with Crippen molar-refractivity contribution in [3.8, 4) is 0 Å². The lowest BCUT2D eigenvalue weighted by Crippen LogP contribution is -2.65. The van der Waals surface area contributed by atoms with Crippen LogP contribution < -0.4 is 10.2 Å². The van der Waals surface area contributed by atoms with Gasteiger partial charge in [0.15, 0.2) is 5.54 Å². The molecule has 0 spiro atoms. The number of aliphatic hydroxyl groups is 1. The van der Waals surface area contributed by atoms with Gasteiger partial charge in [0.2, 0.25) is 0 Å². The third-order valence-electron chi connectivity index (χ3n) is 7.14. The molecule has 5 nitrogen and oxygen atoms in total. The van der Waals surface area contributed by atoms with Crippen LogP contribution in [0.25, 0.3) is 0 Å². The van der Waals surface area contributed by atoms with E-state index in [9.17, 15) is 9.90 Å². The number of carbonyl (C=O) groups is 1. The molecule has 2 aliphatic rings. The average molecular weight is 454 g/mol. The normalized spacial score (nSPS) is 22.4. The Balaban J connectivity index is 1.69. The van der Waals surface area contributed by atoms with Crippen LogP contribution in [-0.4, -0.2) is 23.4 Å². The van der Waals surface area contributed by atoms with E-state index >= 15 is 0 Å². The predicted molar refractivity (Wildman–Crippen MR) is 136 cm³/mol. The molecule has 34 heavy (non-hydrogen) atoms. The number of aryl methyl sites for hydroxylation is 1. The standard InChI is InChI=1S/C29H31N3O2/c1-3-4-20-30-27(33)29-22-14-8-10-16-24(22)31-26(19-18-21-12-6-5-7-13-21)32(29)25-17-11-9-15-23(25)28(29,2)34/h5-17,34H,3-4,18-20H2,1-2H3,(H,30,33). The number of para-hydroxylation sites is 2. The zero-order chi connectivity index (χ0) is 23.8. The van der Waals surface area contributed by atoms with E-state index in [-0.39, 0.29) is 5.91 Å². The van der Waals surface area contributed by atoms with Crippen LogP contribution in [0.5, 0.6) is 0 Å². The highest BCUT2D eigenvalue weighted by molar-refractivity contribution is 6.13. The maximum atomic E-state index is 14.2. The van der Waals surface area contributed by atoms with Crippen molar-refractivity contribution in [3.05, 3.63) is 95.6 Å². The number of anilines is 1. The van der Waals surface area contributed by atoms with Gasteiger partial charge in [-0.3, -0.25) is 4.79 Å². The Kier molecular flexibility index (Phi) is 5.74. The van der Waals surface area contributed by atoms with Crippen LogP contribution in [0.2, 0.25) is 0 Å². The van der Waals surface area contributed by atoms with Crippen LogP contribution >= 0.6 is 0 Å². The molecule has 0 saturated carbocycles. The molecule has 174 valence electrons. The third-order valence-corrected chi connectivity index (χ3v) is 7.14. The molecule has 1 amide bonds. The summed E-state index contributed by atoms with van der Waals surface area (Å²) in [6, 6.07) is 25.8. The molecule has 0 radical (unpaired) electrons. The van der Waals surface area contributed by atoms with Crippen molar-refractivity contribution in [2.24, 2.45) is 4.99 Å². The highest BCUT2D eigenvalue weighted by Gasteiger charge is 2.67. The number of hydrogen-bond donors (Lipinski definition) is 2. The number of aliphatic imine (C=N–C) groups is 1. The molecular formula is C29H31N3O2. The Morgan fingerprint density at radius 1 is 0.941 bits per heavy atom. The van der Waals surface area contributed by atoms with Crippen LogP contribution in [0.1, 0.15) is 49.8 Å². The second kappa shape index (κ2) is 8.73. The number of fused-ring (bicyclic) bond motifs is 5. The monoisotopic (exact) mass is 453 g/mol. The number of unbranched alkanes of at least 4 members (excludes halogenated alkanes) is 1. The summed E-state index contributed by atoms with van der Waals surface area (Å²) in [5.74, 6) is 0.597. The first-order chi connectivity index (χ1) is 16.5. The Bertz CT molecular complexity index is 1230. The van der Waals surface area contributed by atoms with Crippen molar-refractivity contribution in [2.75, 3.05) is 11.4 Å². The molecule has 2 N–H and O–H groups in total. The number of amides is 1. The molecule has 2 unspecified atom stereocenters. The van der Waals surface area contributed by atoms with E-state index in [4.69, 9.17) is 4.99 Å². The minimum absolute atomic E-state index is 0.193. The summed E-state index contributed by atoms with van der Waals surface area (Å²) < 4.78 is 0. The van der Waals surface area contributed by atoms with Crippen molar-refractivity contribution in [1.29, 1.82) is 0 Å². The number of amidine groups is 1. The lowest BCUT2D eigenvalue weighted by molar-refractivity contribution is -0.136.